The van der Waals surface area contributed by atoms with E-state index in [2.05, 4.69) is 43.3 Å². The fourth-order valence-electron chi connectivity index (χ4n) is 1.84. The number of hydrogen-bond acceptors (Lipinski definition) is 1. The van der Waals surface area contributed by atoms with Crippen LogP contribution in [0.4, 0.5) is 5.69 Å². The van der Waals surface area contributed by atoms with E-state index in [1.165, 1.54) is 16.7 Å². The van der Waals surface area contributed by atoms with Crippen LogP contribution in [0.1, 0.15) is 16.7 Å². The van der Waals surface area contributed by atoms with Gasteiger partial charge in [0.15, 0.2) is 0 Å². The van der Waals surface area contributed by atoms with E-state index >= 15 is 0 Å². The minimum Gasteiger partial charge on any atom is -0.399 e. The lowest BCUT2D eigenvalue weighted by molar-refractivity contribution is 0.958. The lowest BCUT2D eigenvalue weighted by Crippen LogP contribution is -1.92. The molecule has 82 valence electrons. The molecule has 2 rings (SSSR count). The number of benzene rings is 2. The molecule has 0 fully saturated rings. The Bertz CT molecular complexity index is 457. The summed E-state index contributed by atoms with van der Waals surface area (Å²) in [5, 5.41) is 0. The first kappa shape index (κ1) is 10.7. The maximum atomic E-state index is 5.65. The first-order chi connectivity index (χ1) is 7.74. The van der Waals surface area contributed by atoms with Gasteiger partial charge in [-0.25, -0.2) is 0 Å². The van der Waals surface area contributed by atoms with Crippen LogP contribution in [0, 0.1) is 6.92 Å². The fraction of sp³-hybridized carbons (Fsp3) is 0.200. The monoisotopic (exact) mass is 211 g/mol. The summed E-state index contributed by atoms with van der Waals surface area (Å²) >= 11 is 0. The Hall–Kier alpha value is -1.76. The molecule has 2 N–H and O–H groups in total. The molecule has 1 nitrogen and oxygen atoms in total. The molecule has 0 aliphatic carbocycles. The normalized spacial score (nSPS) is 10.3. The summed E-state index contributed by atoms with van der Waals surface area (Å²) in [7, 11) is 0. The minimum atomic E-state index is 0.833. The van der Waals surface area contributed by atoms with Crippen LogP contribution < -0.4 is 5.73 Å². The van der Waals surface area contributed by atoms with E-state index in [0.29, 0.717) is 0 Å². The third-order valence-corrected chi connectivity index (χ3v) is 2.76. The molecular weight excluding hydrogens is 194 g/mol. The van der Waals surface area contributed by atoms with Gasteiger partial charge in [0.25, 0.3) is 0 Å². The van der Waals surface area contributed by atoms with Crippen molar-refractivity contribution >= 4 is 5.69 Å². The van der Waals surface area contributed by atoms with Crippen molar-refractivity contribution in [1.82, 2.24) is 0 Å². The van der Waals surface area contributed by atoms with Crippen molar-refractivity contribution in [2.75, 3.05) is 5.73 Å². The van der Waals surface area contributed by atoms with Crippen LogP contribution in [-0.2, 0) is 12.8 Å². The molecular formula is C15H17N. The van der Waals surface area contributed by atoms with Crippen molar-refractivity contribution in [2.45, 2.75) is 19.8 Å². The van der Waals surface area contributed by atoms with E-state index in [0.717, 1.165) is 18.5 Å². The highest BCUT2D eigenvalue weighted by atomic mass is 14.5. The van der Waals surface area contributed by atoms with E-state index in [4.69, 9.17) is 5.73 Å². The zero-order valence-corrected chi connectivity index (χ0v) is 9.61. The molecule has 0 amide bonds. The zero-order valence-electron chi connectivity index (χ0n) is 9.61. The van der Waals surface area contributed by atoms with Gasteiger partial charge in [-0.1, -0.05) is 42.0 Å². The van der Waals surface area contributed by atoms with Gasteiger partial charge in [-0.15, -0.1) is 0 Å². The summed E-state index contributed by atoms with van der Waals surface area (Å²) in [6.07, 6.45) is 2.16. The average molecular weight is 211 g/mol. The van der Waals surface area contributed by atoms with Crippen LogP contribution in [0.3, 0.4) is 0 Å². The number of hydrogen-bond donors (Lipinski definition) is 1. The van der Waals surface area contributed by atoms with Gasteiger partial charge in [-0.2, -0.15) is 0 Å². The van der Waals surface area contributed by atoms with Gasteiger partial charge in [0.05, 0.1) is 0 Å². The molecule has 0 aliphatic rings. The molecule has 0 saturated heterocycles. The number of aryl methyl sites for hydroxylation is 3. The molecule has 0 bridgehead atoms. The van der Waals surface area contributed by atoms with Crippen molar-refractivity contribution in [3.05, 3.63) is 65.2 Å². The van der Waals surface area contributed by atoms with Gasteiger partial charge in [-0.3, -0.25) is 0 Å². The van der Waals surface area contributed by atoms with E-state index < -0.39 is 0 Å². The van der Waals surface area contributed by atoms with Crippen molar-refractivity contribution in [1.29, 1.82) is 0 Å². The number of rotatable bonds is 3. The molecule has 0 unspecified atom stereocenters. The second-order valence-corrected chi connectivity index (χ2v) is 4.23. The largest absolute Gasteiger partial charge is 0.399 e. The van der Waals surface area contributed by atoms with Gasteiger partial charge < -0.3 is 5.73 Å². The molecule has 0 saturated carbocycles. The highest BCUT2D eigenvalue weighted by Gasteiger charge is 1.96. The van der Waals surface area contributed by atoms with E-state index in [1.54, 1.807) is 0 Å². The Morgan fingerprint density at radius 2 is 1.56 bits per heavy atom. The quantitative estimate of drug-likeness (QED) is 0.774. The molecule has 16 heavy (non-hydrogen) atoms. The molecule has 2 aromatic rings. The first-order valence-electron chi connectivity index (χ1n) is 5.64. The Kier molecular flexibility index (Phi) is 3.25. The van der Waals surface area contributed by atoms with Crippen LogP contribution in [-0.4, -0.2) is 0 Å². The topological polar surface area (TPSA) is 26.0 Å². The van der Waals surface area contributed by atoms with E-state index in [1.807, 2.05) is 12.1 Å². The van der Waals surface area contributed by atoms with Crippen molar-refractivity contribution < 1.29 is 0 Å². The minimum absolute atomic E-state index is 0.833. The molecule has 0 aromatic heterocycles. The predicted octanol–water partition coefficient (Wildman–Crippen LogP) is 3.36. The lowest BCUT2D eigenvalue weighted by atomic mass is 10.0. The average Bonchev–Trinajstić information content (AvgIpc) is 2.28. The standard InChI is InChI=1S/C15H17N/c1-12-3-2-4-14(11-12)6-5-13-7-9-15(16)10-8-13/h2-4,7-11H,5-6,16H2,1H3. The SMILES string of the molecule is Cc1cccc(CCc2ccc(N)cc2)c1. The Morgan fingerprint density at radius 3 is 2.25 bits per heavy atom. The van der Waals surface area contributed by atoms with Crippen LogP contribution in [0.15, 0.2) is 48.5 Å². The van der Waals surface area contributed by atoms with Crippen molar-refractivity contribution in [3.63, 3.8) is 0 Å². The summed E-state index contributed by atoms with van der Waals surface area (Å²) in [6, 6.07) is 16.8. The smallest absolute Gasteiger partial charge is 0.0314 e. The van der Waals surface area contributed by atoms with E-state index in [-0.39, 0.29) is 0 Å². The highest BCUT2D eigenvalue weighted by Crippen LogP contribution is 2.11. The van der Waals surface area contributed by atoms with Crippen molar-refractivity contribution in [2.24, 2.45) is 0 Å². The Balaban J connectivity index is 1.99. The molecule has 0 spiro atoms. The third kappa shape index (κ3) is 2.86. The first-order valence-corrected chi connectivity index (χ1v) is 5.64. The second kappa shape index (κ2) is 4.84. The van der Waals surface area contributed by atoms with Gasteiger partial charge in [-0.05, 0) is 43.0 Å². The van der Waals surface area contributed by atoms with E-state index in [9.17, 15) is 0 Å². The summed E-state index contributed by atoms with van der Waals surface area (Å²) in [5.74, 6) is 0. The van der Waals surface area contributed by atoms with Gasteiger partial charge in [0.1, 0.15) is 0 Å². The van der Waals surface area contributed by atoms with Crippen LogP contribution in [0.2, 0.25) is 0 Å². The maximum absolute atomic E-state index is 5.65. The lowest BCUT2D eigenvalue weighted by Gasteiger charge is -2.03. The van der Waals surface area contributed by atoms with Crippen molar-refractivity contribution in [3.8, 4) is 0 Å². The fourth-order valence-corrected chi connectivity index (χ4v) is 1.84. The molecule has 0 radical (unpaired) electrons. The summed E-state index contributed by atoms with van der Waals surface area (Å²) in [6.45, 7) is 2.13. The zero-order chi connectivity index (χ0) is 11.4. The van der Waals surface area contributed by atoms with Gasteiger partial charge >= 0.3 is 0 Å². The molecule has 2 aromatic carbocycles. The van der Waals surface area contributed by atoms with Crippen LogP contribution >= 0.6 is 0 Å². The third-order valence-electron chi connectivity index (χ3n) is 2.76. The van der Waals surface area contributed by atoms with Crippen LogP contribution in [0.5, 0.6) is 0 Å². The Labute approximate surface area is 96.9 Å². The number of nitrogen functional groups attached to an aromatic ring is 1. The number of nitrogens with two attached hydrogens (primary N) is 1. The molecule has 1 heteroatoms. The maximum Gasteiger partial charge on any atom is 0.0314 e. The molecule has 0 aliphatic heterocycles. The highest BCUT2D eigenvalue weighted by molar-refractivity contribution is 5.39. The second-order valence-electron chi connectivity index (χ2n) is 4.23. The summed E-state index contributed by atoms with van der Waals surface area (Å²) in [5.41, 5.74) is 10.6. The van der Waals surface area contributed by atoms with Gasteiger partial charge in [0, 0.05) is 5.69 Å². The summed E-state index contributed by atoms with van der Waals surface area (Å²) in [4.78, 5) is 0. The predicted molar refractivity (Wildman–Crippen MR) is 69.4 cm³/mol. The Morgan fingerprint density at radius 1 is 0.875 bits per heavy atom. The molecule has 0 heterocycles. The van der Waals surface area contributed by atoms with Crippen LogP contribution in [0.25, 0.3) is 0 Å². The van der Waals surface area contributed by atoms with Gasteiger partial charge in [0.2, 0.25) is 0 Å². The number of anilines is 1. The molecule has 0 atom stereocenters. The summed E-state index contributed by atoms with van der Waals surface area (Å²) < 4.78 is 0.